The maximum absolute atomic E-state index is 13.0. The van der Waals surface area contributed by atoms with Crippen molar-refractivity contribution >= 4 is 11.6 Å². The summed E-state index contributed by atoms with van der Waals surface area (Å²) in [6.45, 7) is 1.96. The van der Waals surface area contributed by atoms with Gasteiger partial charge >= 0.3 is 0 Å². The number of aliphatic hydroxyl groups is 1. The zero-order valence-corrected chi connectivity index (χ0v) is 11.2. The molecule has 0 spiro atoms. The van der Waals surface area contributed by atoms with Crippen LogP contribution in [0.4, 0.5) is 4.39 Å². The van der Waals surface area contributed by atoms with Crippen molar-refractivity contribution < 1.29 is 14.2 Å². The summed E-state index contributed by atoms with van der Waals surface area (Å²) in [6, 6.07) is 9.74. The first-order chi connectivity index (χ1) is 9.11. The van der Waals surface area contributed by atoms with Crippen LogP contribution in [0.15, 0.2) is 36.4 Å². The van der Waals surface area contributed by atoms with E-state index in [9.17, 15) is 9.50 Å². The third kappa shape index (κ3) is 3.25. The number of aryl methyl sites for hydroxylation is 1. The Bertz CT molecular complexity index is 584. The molecule has 0 heterocycles. The highest BCUT2D eigenvalue weighted by molar-refractivity contribution is 6.32. The summed E-state index contributed by atoms with van der Waals surface area (Å²) in [7, 11) is 0. The van der Waals surface area contributed by atoms with E-state index in [4.69, 9.17) is 16.3 Å². The maximum atomic E-state index is 13.0. The minimum Gasteiger partial charge on any atom is -0.487 e. The predicted molar refractivity (Wildman–Crippen MR) is 72.8 cm³/mol. The number of ether oxygens (including phenoxy) is 1. The molecule has 19 heavy (non-hydrogen) atoms. The average molecular weight is 281 g/mol. The Morgan fingerprint density at radius 3 is 2.68 bits per heavy atom. The monoisotopic (exact) mass is 280 g/mol. The molecule has 0 fully saturated rings. The lowest BCUT2D eigenvalue weighted by Gasteiger charge is -2.13. The molecule has 0 atom stereocenters. The van der Waals surface area contributed by atoms with Crippen LogP contribution in [0.3, 0.4) is 0 Å². The molecule has 2 aromatic rings. The molecule has 0 saturated carbocycles. The largest absolute Gasteiger partial charge is 0.487 e. The smallest absolute Gasteiger partial charge is 0.143 e. The third-order valence-corrected chi connectivity index (χ3v) is 3.19. The Kier molecular flexibility index (Phi) is 4.40. The van der Waals surface area contributed by atoms with Crippen LogP contribution < -0.4 is 4.74 Å². The second-order valence-corrected chi connectivity index (χ2v) is 4.65. The number of halogens is 2. The number of aliphatic hydroxyl groups excluding tert-OH is 1. The van der Waals surface area contributed by atoms with Gasteiger partial charge in [0.05, 0.1) is 11.6 Å². The van der Waals surface area contributed by atoms with Crippen LogP contribution in [0.1, 0.15) is 16.7 Å². The molecular formula is C15H14ClFO2. The van der Waals surface area contributed by atoms with Gasteiger partial charge in [0.1, 0.15) is 18.2 Å². The van der Waals surface area contributed by atoms with E-state index in [1.807, 2.05) is 6.92 Å². The van der Waals surface area contributed by atoms with Crippen molar-refractivity contribution in [2.75, 3.05) is 0 Å². The summed E-state index contributed by atoms with van der Waals surface area (Å²) in [4.78, 5) is 0. The van der Waals surface area contributed by atoms with E-state index in [1.54, 1.807) is 24.3 Å². The highest BCUT2D eigenvalue weighted by Crippen LogP contribution is 2.29. The summed E-state index contributed by atoms with van der Waals surface area (Å²) in [5.41, 5.74) is 2.33. The van der Waals surface area contributed by atoms with Crippen molar-refractivity contribution in [1.29, 1.82) is 0 Å². The molecule has 0 aliphatic heterocycles. The van der Waals surface area contributed by atoms with Gasteiger partial charge in [-0.25, -0.2) is 4.39 Å². The van der Waals surface area contributed by atoms with Gasteiger partial charge in [0, 0.05) is 5.56 Å². The molecule has 100 valence electrons. The Balaban J connectivity index is 2.19. The Morgan fingerprint density at radius 2 is 2.00 bits per heavy atom. The van der Waals surface area contributed by atoms with Crippen molar-refractivity contribution in [3.63, 3.8) is 0 Å². The second-order valence-electron chi connectivity index (χ2n) is 4.25. The van der Waals surface area contributed by atoms with E-state index in [-0.39, 0.29) is 19.0 Å². The molecule has 0 aromatic heterocycles. The van der Waals surface area contributed by atoms with Crippen LogP contribution in [-0.2, 0) is 13.2 Å². The lowest BCUT2D eigenvalue weighted by atomic mass is 10.1. The van der Waals surface area contributed by atoms with Crippen LogP contribution in [0.5, 0.6) is 5.75 Å². The van der Waals surface area contributed by atoms with Gasteiger partial charge in [-0.2, -0.15) is 0 Å². The van der Waals surface area contributed by atoms with Crippen LogP contribution in [-0.4, -0.2) is 5.11 Å². The molecule has 0 radical (unpaired) electrons. The fourth-order valence-corrected chi connectivity index (χ4v) is 2.06. The fraction of sp³-hybridized carbons (Fsp3) is 0.200. The van der Waals surface area contributed by atoms with Gasteiger partial charge in [-0.15, -0.1) is 0 Å². The molecule has 0 saturated heterocycles. The zero-order valence-electron chi connectivity index (χ0n) is 10.5. The zero-order chi connectivity index (χ0) is 13.8. The van der Waals surface area contributed by atoms with Crippen molar-refractivity contribution in [1.82, 2.24) is 0 Å². The third-order valence-electron chi connectivity index (χ3n) is 2.90. The minimum atomic E-state index is -0.268. The number of para-hydroxylation sites is 1. The molecule has 1 N–H and O–H groups in total. The lowest BCUT2D eigenvalue weighted by molar-refractivity contribution is 0.259. The van der Waals surface area contributed by atoms with E-state index in [1.165, 1.54) is 12.1 Å². The van der Waals surface area contributed by atoms with E-state index < -0.39 is 0 Å². The van der Waals surface area contributed by atoms with Crippen LogP contribution in [0, 0.1) is 12.7 Å². The molecule has 0 aliphatic rings. The van der Waals surface area contributed by atoms with Crippen molar-refractivity contribution in [2.45, 2.75) is 20.1 Å². The van der Waals surface area contributed by atoms with Gasteiger partial charge < -0.3 is 9.84 Å². The quantitative estimate of drug-likeness (QED) is 0.921. The van der Waals surface area contributed by atoms with E-state index in [0.717, 1.165) is 11.1 Å². The van der Waals surface area contributed by atoms with Gasteiger partial charge in [-0.3, -0.25) is 0 Å². The topological polar surface area (TPSA) is 29.5 Å². The summed E-state index contributed by atoms with van der Waals surface area (Å²) in [5, 5.41) is 9.69. The van der Waals surface area contributed by atoms with Gasteiger partial charge in [0.15, 0.2) is 0 Å². The highest BCUT2D eigenvalue weighted by Gasteiger charge is 2.09. The lowest BCUT2D eigenvalue weighted by Crippen LogP contribution is -2.01. The number of hydrogen-bond donors (Lipinski definition) is 1. The molecule has 2 nitrogen and oxygen atoms in total. The van der Waals surface area contributed by atoms with E-state index in [2.05, 4.69) is 0 Å². The van der Waals surface area contributed by atoms with Crippen molar-refractivity contribution in [3.8, 4) is 5.75 Å². The molecule has 0 aliphatic carbocycles. The fourth-order valence-electron chi connectivity index (χ4n) is 1.81. The Morgan fingerprint density at radius 1 is 1.21 bits per heavy atom. The number of rotatable bonds is 4. The molecule has 0 amide bonds. The van der Waals surface area contributed by atoms with Crippen LogP contribution in [0.2, 0.25) is 5.02 Å². The first-order valence-electron chi connectivity index (χ1n) is 5.88. The maximum Gasteiger partial charge on any atom is 0.143 e. The molecule has 0 bridgehead atoms. The van der Waals surface area contributed by atoms with Crippen LogP contribution >= 0.6 is 11.6 Å². The first kappa shape index (κ1) is 13.8. The van der Waals surface area contributed by atoms with Crippen molar-refractivity contribution in [2.24, 2.45) is 0 Å². The van der Waals surface area contributed by atoms with Gasteiger partial charge in [-0.1, -0.05) is 29.8 Å². The summed E-state index contributed by atoms with van der Waals surface area (Å²) in [6.07, 6.45) is 0. The normalized spacial score (nSPS) is 10.5. The average Bonchev–Trinajstić information content (AvgIpc) is 2.39. The highest BCUT2D eigenvalue weighted by atomic mass is 35.5. The molecule has 0 unspecified atom stereocenters. The molecular weight excluding hydrogens is 267 g/mol. The molecule has 2 aromatic carbocycles. The first-order valence-corrected chi connectivity index (χ1v) is 6.25. The van der Waals surface area contributed by atoms with E-state index >= 15 is 0 Å². The van der Waals surface area contributed by atoms with Gasteiger partial charge in [0.2, 0.25) is 0 Å². The molecule has 4 heteroatoms. The SMILES string of the molecule is Cc1cc(F)ccc1COc1c(Cl)cccc1CO. The van der Waals surface area contributed by atoms with Gasteiger partial charge in [-0.05, 0) is 36.2 Å². The number of benzene rings is 2. The number of hydrogen-bond acceptors (Lipinski definition) is 2. The predicted octanol–water partition coefficient (Wildman–Crippen LogP) is 3.86. The van der Waals surface area contributed by atoms with E-state index in [0.29, 0.717) is 16.3 Å². The molecule has 2 rings (SSSR count). The Labute approximate surface area is 116 Å². The van der Waals surface area contributed by atoms with Crippen LogP contribution in [0.25, 0.3) is 0 Å². The van der Waals surface area contributed by atoms with Crippen molar-refractivity contribution in [3.05, 3.63) is 63.9 Å². The Hall–Kier alpha value is -1.58. The standard InChI is InChI=1S/C15H14ClFO2/c1-10-7-13(17)6-5-12(10)9-19-15-11(8-18)3-2-4-14(15)16/h2-7,18H,8-9H2,1H3. The second kappa shape index (κ2) is 6.04. The van der Waals surface area contributed by atoms with Gasteiger partial charge in [0.25, 0.3) is 0 Å². The summed E-state index contributed by atoms with van der Waals surface area (Å²) in [5.74, 6) is 0.199. The summed E-state index contributed by atoms with van der Waals surface area (Å²) < 4.78 is 18.6. The minimum absolute atomic E-state index is 0.141. The summed E-state index contributed by atoms with van der Waals surface area (Å²) >= 11 is 6.04.